The number of rotatable bonds is 6. The minimum atomic E-state index is -1.11. The smallest absolute Gasteiger partial charge is 0.350 e. The lowest BCUT2D eigenvalue weighted by atomic mass is 9.98. The third-order valence-corrected chi connectivity index (χ3v) is 2.83. The van der Waals surface area contributed by atoms with Gasteiger partial charge in [-0.3, -0.25) is 4.79 Å². The molecular formula is C17H15NO4. The molecule has 0 saturated heterocycles. The van der Waals surface area contributed by atoms with E-state index >= 15 is 0 Å². The first kappa shape index (κ1) is 15.5. The lowest BCUT2D eigenvalue weighted by Gasteiger charge is -2.08. The zero-order chi connectivity index (χ0) is 15.8. The summed E-state index contributed by atoms with van der Waals surface area (Å²) in [4.78, 5) is 26.9. The molecule has 2 rings (SSSR count). The van der Waals surface area contributed by atoms with Crippen LogP contribution in [0.5, 0.6) is 0 Å². The van der Waals surface area contributed by atoms with E-state index < -0.39 is 18.5 Å². The molecule has 0 spiro atoms. The Hall–Kier alpha value is -2.92. The Balaban J connectivity index is 2.23. The molecule has 0 unspecified atom stereocenters. The third kappa shape index (κ3) is 4.57. The van der Waals surface area contributed by atoms with Crippen LogP contribution in [0.2, 0.25) is 0 Å². The fourth-order valence-electron chi connectivity index (χ4n) is 1.89. The van der Waals surface area contributed by atoms with Crippen LogP contribution in [0.3, 0.4) is 0 Å². The lowest BCUT2D eigenvalue weighted by Crippen LogP contribution is -2.25. The van der Waals surface area contributed by atoms with E-state index in [1.165, 1.54) is 6.08 Å². The number of nitrogens with one attached hydrogen (secondary N) is 1. The first-order valence-corrected chi connectivity index (χ1v) is 6.65. The van der Waals surface area contributed by atoms with Gasteiger partial charge in [0, 0.05) is 6.08 Å². The van der Waals surface area contributed by atoms with Crippen LogP contribution < -0.4 is 5.48 Å². The van der Waals surface area contributed by atoms with Crippen molar-refractivity contribution in [1.29, 1.82) is 0 Å². The van der Waals surface area contributed by atoms with Crippen molar-refractivity contribution >= 4 is 17.5 Å². The summed E-state index contributed by atoms with van der Waals surface area (Å²) >= 11 is 0. The Bertz CT molecular complexity index is 624. The number of carboxylic acids is 1. The van der Waals surface area contributed by atoms with E-state index in [9.17, 15) is 9.59 Å². The number of carbonyl (C=O) groups excluding carboxylic acids is 1. The molecule has 0 fully saturated rings. The molecule has 0 heterocycles. The third-order valence-electron chi connectivity index (χ3n) is 2.83. The lowest BCUT2D eigenvalue weighted by molar-refractivity contribution is -0.148. The topological polar surface area (TPSA) is 75.6 Å². The zero-order valence-electron chi connectivity index (χ0n) is 11.7. The maximum atomic E-state index is 11.8. The highest BCUT2D eigenvalue weighted by Crippen LogP contribution is 2.22. The first-order valence-electron chi connectivity index (χ1n) is 6.65. The molecule has 0 aromatic heterocycles. The quantitative estimate of drug-likeness (QED) is 0.632. The van der Waals surface area contributed by atoms with Gasteiger partial charge >= 0.3 is 11.9 Å². The SMILES string of the molecule is O=C(O)CNOC(=O)C=C(c1ccccc1)c1ccccc1. The van der Waals surface area contributed by atoms with Crippen molar-refractivity contribution in [2.24, 2.45) is 0 Å². The summed E-state index contributed by atoms with van der Waals surface area (Å²) < 4.78 is 0. The summed E-state index contributed by atoms with van der Waals surface area (Å²) in [6, 6.07) is 18.8. The first-order chi connectivity index (χ1) is 10.7. The van der Waals surface area contributed by atoms with Gasteiger partial charge < -0.3 is 9.94 Å². The number of hydrogen-bond donors (Lipinski definition) is 2. The second-order valence-electron chi connectivity index (χ2n) is 4.43. The fourth-order valence-corrected chi connectivity index (χ4v) is 1.89. The van der Waals surface area contributed by atoms with Crippen molar-refractivity contribution in [3.63, 3.8) is 0 Å². The molecule has 0 aliphatic carbocycles. The Morgan fingerprint density at radius 2 is 1.45 bits per heavy atom. The van der Waals surface area contributed by atoms with Gasteiger partial charge in [0.05, 0.1) is 0 Å². The summed E-state index contributed by atoms with van der Waals surface area (Å²) in [6.45, 7) is -0.453. The van der Waals surface area contributed by atoms with Crippen LogP contribution in [0.15, 0.2) is 66.7 Å². The molecule has 0 radical (unpaired) electrons. The molecule has 22 heavy (non-hydrogen) atoms. The van der Waals surface area contributed by atoms with E-state index in [-0.39, 0.29) is 0 Å². The zero-order valence-corrected chi connectivity index (χ0v) is 11.7. The second kappa shape index (κ2) is 7.75. The van der Waals surface area contributed by atoms with E-state index in [1.807, 2.05) is 60.7 Å². The largest absolute Gasteiger partial charge is 0.480 e. The normalized spacial score (nSPS) is 9.82. The summed E-state index contributed by atoms with van der Waals surface area (Å²) in [7, 11) is 0. The summed E-state index contributed by atoms with van der Waals surface area (Å²) in [5, 5.41) is 8.50. The second-order valence-corrected chi connectivity index (χ2v) is 4.43. The molecule has 0 bridgehead atoms. The van der Waals surface area contributed by atoms with Crippen molar-refractivity contribution in [3.8, 4) is 0 Å². The van der Waals surface area contributed by atoms with E-state index in [4.69, 9.17) is 5.11 Å². The summed E-state index contributed by atoms with van der Waals surface area (Å²) in [5.41, 5.74) is 4.53. The number of carboxylic acid groups (broad SMARTS) is 1. The molecule has 2 N–H and O–H groups in total. The van der Waals surface area contributed by atoms with E-state index in [1.54, 1.807) is 0 Å². The molecule has 5 heteroatoms. The summed E-state index contributed by atoms with van der Waals surface area (Å²) in [6.07, 6.45) is 1.33. The Labute approximate surface area is 127 Å². The van der Waals surface area contributed by atoms with Gasteiger partial charge in [-0.1, -0.05) is 60.7 Å². The minimum absolute atomic E-state index is 0.453. The van der Waals surface area contributed by atoms with Gasteiger partial charge in [0.25, 0.3) is 0 Å². The average molecular weight is 297 g/mol. The predicted octanol–water partition coefficient (Wildman–Crippen LogP) is 2.25. The molecule has 5 nitrogen and oxygen atoms in total. The monoisotopic (exact) mass is 297 g/mol. The molecule has 0 aliphatic heterocycles. The van der Waals surface area contributed by atoms with Crippen LogP contribution in [0, 0.1) is 0 Å². The van der Waals surface area contributed by atoms with Gasteiger partial charge in [-0.05, 0) is 16.7 Å². The summed E-state index contributed by atoms with van der Waals surface area (Å²) in [5.74, 6) is -1.77. The van der Waals surface area contributed by atoms with E-state index in [0.717, 1.165) is 11.1 Å². The van der Waals surface area contributed by atoms with Gasteiger partial charge in [0.1, 0.15) is 6.54 Å². The Kier molecular flexibility index (Phi) is 5.45. The van der Waals surface area contributed by atoms with Crippen molar-refractivity contribution in [3.05, 3.63) is 77.9 Å². The van der Waals surface area contributed by atoms with Crippen molar-refractivity contribution in [2.75, 3.05) is 6.54 Å². The minimum Gasteiger partial charge on any atom is -0.480 e. The number of carbonyl (C=O) groups is 2. The average Bonchev–Trinajstić information content (AvgIpc) is 2.54. The maximum absolute atomic E-state index is 11.8. The Morgan fingerprint density at radius 3 is 1.91 bits per heavy atom. The van der Waals surface area contributed by atoms with Gasteiger partial charge in [-0.2, -0.15) is 0 Å². The van der Waals surface area contributed by atoms with Crippen LogP contribution in [0.25, 0.3) is 5.57 Å². The van der Waals surface area contributed by atoms with Gasteiger partial charge in [-0.15, -0.1) is 5.48 Å². The van der Waals surface area contributed by atoms with Crippen molar-refractivity contribution in [2.45, 2.75) is 0 Å². The standard InChI is InChI=1S/C17H15NO4/c19-16(20)12-18-22-17(21)11-15(13-7-3-1-4-8-13)14-9-5-2-6-10-14/h1-11,18H,12H2,(H,19,20). The number of hydrogen-bond acceptors (Lipinski definition) is 4. The van der Waals surface area contributed by atoms with Crippen LogP contribution in [0.1, 0.15) is 11.1 Å². The van der Waals surface area contributed by atoms with Gasteiger partial charge in [-0.25, -0.2) is 4.79 Å². The van der Waals surface area contributed by atoms with Crippen LogP contribution in [-0.2, 0) is 14.4 Å². The fraction of sp³-hybridized carbons (Fsp3) is 0.0588. The number of hydroxylamine groups is 1. The van der Waals surface area contributed by atoms with Crippen molar-refractivity contribution < 1.29 is 19.5 Å². The number of benzene rings is 2. The molecule has 112 valence electrons. The van der Waals surface area contributed by atoms with Gasteiger partial charge in [0.2, 0.25) is 0 Å². The van der Waals surface area contributed by atoms with E-state index in [0.29, 0.717) is 5.57 Å². The molecule has 0 amide bonds. The van der Waals surface area contributed by atoms with Gasteiger partial charge in [0.15, 0.2) is 0 Å². The van der Waals surface area contributed by atoms with Crippen molar-refractivity contribution in [1.82, 2.24) is 5.48 Å². The molecule has 2 aromatic carbocycles. The molecule has 0 atom stereocenters. The highest BCUT2D eigenvalue weighted by molar-refractivity contribution is 5.96. The predicted molar refractivity (Wildman–Crippen MR) is 81.7 cm³/mol. The number of aliphatic carboxylic acids is 1. The molecular weight excluding hydrogens is 282 g/mol. The van der Waals surface area contributed by atoms with E-state index in [2.05, 4.69) is 10.3 Å². The highest BCUT2D eigenvalue weighted by Gasteiger charge is 2.08. The highest BCUT2D eigenvalue weighted by atomic mass is 16.7. The molecule has 0 saturated carbocycles. The van der Waals surface area contributed by atoms with Crippen LogP contribution in [0.4, 0.5) is 0 Å². The van der Waals surface area contributed by atoms with Crippen LogP contribution in [-0.4, -0.2) is 23.6 Å². The molecule has 0 aliphatic rings. The maximum Gasteiger partial charge on any atom is 0.350 e. The molecule has 2 aromatic rings. The van der Waals surface area contributed by atoms with Crippen LogP contribution >= 0.6 is 0 Å². The Morgan fingerprint density at radius 1 is 0.955 bits per heavy atom.